The molecule has 1 aliphatic heterocycles. The lowest BCUT2D eigenvalue weighted by molar-refractivity contribution is -0.136. The summed E-state index contributed by atoms with van der Waals surface area (Å²) in [5.74, 6) is 1.64. The number of amides is 1. The molecule has 2 aliphatic rings. The molecule has 0 saturated heterocycles. The molecular formula is C15H19N5O3. The number of ether oxygens (including phenoxy) is 1. The fourth-order valence-corrected chi connectivity index (χ4v) is 3.03. The Balaban J connectivity index is 1.65. The number of nitrogens with zero attached hydrogens (tertiary/aromatic N) is 5. The van der Waals surface area contributed by atoms with E-state index in [4.69, 9.17) is 9.26 Å². The maximum atomic E-state index is 12.1. The molecule has 2 aromatic rings. The van der Waals surface area contributed by atoms with Gasteiger partial charge in [0.1, 0.15) is 6.61 Å². The zero-order valence-electron chi connectivity index (χ0n) is 13.3. The molecule has 0 N–H and O–H groups in total. The maximum absolute atomic E-state index is 12.1. The van der Waals surface area contributed by atoms with E-state index in [1.807, 2.05) is 11.7 Å². The van der Waals surface area contributed by atoms with E-state index in [0.29, 0.717) is 30.6 Å². The summed E-state index contributed by atoms with van der Waals surface area (Å²) >= 11 is 0. The number of aryl methyl sites for hydroxylation is 1. The molecule has 0 radical (unpaired) electrons. The monoisotopic (exact) mass is 317 g/mol. The minimum atomic E-state index is -0.0165. The summed E-state index contributed by atoms with van der Waals surface area (Å²) < 4.78 is 12.2. The molecule has 2 aromatic heterocycles. The molecule has 0 spiro atoms. The molecule has 0 bridgehead atoms. The zero-order chi connectivity index (χ0) is 16.0. The van der Waals surface area contributed by atoms with Crippen molar-refractivity contribution >= 4 is 5.91 Å². The van der Waals surface area contributed by atoms with E-state index in [9.17, 15) is 4.79 Å². The average molecular weight is 317 g/mol. The van der Waals surface area contributed by atoms with Crippen LogP contribution >= 0.6 is 0 Å². The van der Waals surface area contributed by atoms with Crippen molar-refractivity contribution < 1.29 is 14.1 Å². The van der Waals surface area contributed by atoms with Gasteiger partial charge in [-0.05, 0) is 12.8 Å². The van der Waals surface area contributed by atoms with Gasteiger partial charge in [0.15, 0.2) is 11.5 Å². The summed E-state index contributed by atoms with van der Waals surface area (Å²) in [6.45, 7) is 1.27. The summed E-state index contributed by atoms with van der Waals surface area (Å²) in [4.78, 5) is 18.4. The van der Waals surface area contributed by atoms with E-state index in [1.54, 1.807) is 4.90 Å². The number of carbonyl (C=O) groups excluding carboxylic acids is 1. The van der Waals surface area contributed by atoms with E-state index in [-0.39, 0.29) is 12.5 Å². The first-order valence-electron chi connectivity index (χ1n) is 7.82. The third kappa shape index (κ3) is 2.52. The lowest BCUT2D eigenvalue weighted by Crippen LogP contribution is -2.38. The van der Waals surface area contributed by atoms with E-state index in [2.05, 4.69) is 15.2 Å². The Labute approximate surface area is 133 Å². The van der Waals surface area contributed by atoms with Crippen molar-refractivity contribution in [3.8, 4) is 11.6 Å². The number of rotatable bonds is 4. The Morgan fingerprint density at radius 2 is 2.26 bits per heavy atom. The van der Waals surface area contributed by atoms with Gasteiger partial charge in [0.2, 0.25) is 5.91 Å². The van der Waals surface area contributed by atoms with Gasteiger partial charge in [-0.1, -0.05) is 5.16 Å². The highest BCUT2D eigenvalue weighted by Gasteiger charge is 2.32. The first-order valence-corrected chi connectivity index (χ1v) is 7.82. The van der Waals surface area contributed by atoms with Crippen molar-refractivity contribution in [3.05, 3.63) is 17.1 Å². The van der Waals surface area contributed by atoms with E-state index >= 15 is 0 Å². The number of methoxy groups -OCH3 is 1. The second-order valence-electron chi connectivity index (χ2n) is 6.13. The van der Waals surface area contributed by atoms with Gasteiger partial charge in [0, 0.05) is 50.8 Å². The van der Waals surface area contributed by atoms with E-state index in [1.165, 1.54) is 7.11 Å². The van der Waals surface area contributed by atoms with Gasteiger partial charge in [-0.2, -0.15) is 10.1 Å². The Morgan fingerprint density at radius 1 is 1.43 bits per heavy atom. The predicted octanol–water partition coefficient (Wildman–Crippen LogP) is 0.879. The van der Waals surface area contributed by atoms with Gasteiger partial charge < -0.3 is 14.2 Å². The Kier molecular flexibility index (Phi) is 3.41. The second-order valence-corrected chi connectivity index (χ2v) is 6.13. The summed E-state index contributed by atoms with van der Waals surface area (Å²) in [6, 6.07) is 0. The molecule has 3 heterocycles. The molecule has 122 valence electrons. The molecule has 23 heavy (non-hydrogen) atoms. The van der Waals surface area contributed by atoms with E-state index in [0.717, 1.165) is 36.3 Å². The highest BCUT2D eigenvalue weighted by molar-refractivity contribution is 5.78. The van der Waals surface area contributed by atoms with Crippen LogP contribution in [0, 0.1) is 0 Å². The van der Waals surface area contributed by atoms with Gasteiger partial charge >= 0.3 is 0 Å². The van der Waals surface area contributed by atoms with Crippen LogP contribution in [0.4, 0.5) is 0 Å². The number of fused-ring (bicyclic) bond motifs is 1. The van der Waals surface area contributed by atoms with Crippen molar-refractivity contribution in [1.82, 2.24) is 24.8 Å². The maximum Gasteiger partial charge on any atom is 0.278 e. The first-order chi connectivity index (χ1) is 11.2. The van der Waals surface area contributed by atoms with Crippen molar-refractivity contribution in [2.75, 3.05) is 20.3 Å². The first kappa shape index (κ1) is 14.4. The largest absolute Gasteiger partial charge is 0.375 e. The standard InChI is InChI=1S/C15H19N5O3/c1-19-11-5-6-20(12(21)8-22-2)7-10(11)13(17-19)15-16-14(18-23-15)9-3-4-9/h9H,3-8H2,1-2H3. The van der Waals surface area contributed by atoms with Crippen LogP contribution in [0.5, 0.6) is 0 Å². The Morgan fingerprint density at radius 3 is 3.00 bits per heavy atom. The Bertz CT molecular complexity index is 746. The van der Waals surface area contributed by atoms with Crippen LogP contribution in [0.2, 0.25) is 0 Å². The molecule has 0 atom stereocenters. The summed E-state index contributed by atoms with van der Waals surface area (Å²) in [7, 11) is 3.44. The summed E-state index contributed by atoms with van der Waals surface area (Å²) in [5, 5.41) is 8.61. The van der Waals surface area contributed by atoms with Crippen molar-refractivity contribution in [2.45, 2.75) is 31.7 Å². The molecule has 1 saturated carbocycles. The summed E-state index contributed by atoms with van der Waals surface area (Å²) in [5.41, 5.74) is 2.80. The fraction of sp³-hybridized carbons (Fsp3) is 0.600. The zero-order valence-corrected chi connectivity index (χ0v) is 13.3. The average Bonchev–Trinajstić information content (AvgIpc) is 3.20. The predicted molar refractivity (Wildman–Crippen MR) is 79.5 cm³/mol. The van der Waals surface area contributed by atoms with Crippen LogP contribution in [0.15, 0.2) is 4.52 Å². The molecule has 1 amide bonds. The normalized spacial score (nSPS) is 17.4. The van der Waals surface area contributed by atoms with Crippen LogP contribution in [-0.4, -0.2) is 51.0 Å². The minimum absolute atomic E-state index is 0.0165. The second kappa shape index (κ2) is 5.45. The molecule has 4 rings (SSSR count). The molecule has 1 aliphatic carbocycles. The number of carbonyl (C=O) groups is 1. The summed E-state index contributed by atoms with van der Waals surface area (Å²) in [6.07, 6.45) is 3.01. The van der Waals surface area contributed by atoms with Crippen LogP contribution < -0.4 is 0 Å². The lowest BCUT2D eigenvalue weighted by atomic mass is 10.0. The number of hydrogen-bond acceptors (Lipinski definition) is 6. The molecular weight excluding hydrogens is 298 g/mol. The minimum Gasteiger partial charge on any atom is -0.375 e. The van der Waals surface area contributed by atoms with Gasteiger partial charge in [0.05, 0.1) is 0 Å². The van der Waals surface area contributed by atoms with Gasteiger partial charge in [-0.3, -0.25) is 9.48 Å². The smallest absolute Gasteiger partial charge is 0.278 e. The van der Waals surface area contributed by atoms with Crippen LogP contribution in [-0.2, 0) is 29.5 Å². The van der Waals surface area contributed by atoms with Gasteiger partial charge in [-0.15, -0.1) is 0 Å². The van der Waals surface area contributed by atoms with E-state index < -0.39 is 0 Å². The third-order valence-corrected chi connectivity index (χ3v) is 4.45. The molecule has 8 heteroatoms. The van der Waals surface area contributed by atoms with Gasteiger partial charge in [0.25, 0.3) is 5.89 Å². The number of hydrogen-bond donors (Lipinski definition) is 0. The fourth-order valence-electron chi connectivity index (χ4n) is 3.03. The molecule has 1 fully saturated rings. The number of aromatic nitrogens is 4. The lowest BCUT2D eigenvalue weighted by Gasteiger charge is -2.27. The van der Waals surface area contributed by atoms with Crippen molar-refractivity contribution in [1.29, 1.82) is 0 Å². The third-order valence-electron chi connectivity index (χ3n) is 4.45. The van der Waals surface area contributed by atoms with Crippen molar-refractivity contribution in [3.63, 3.8) is 0 Å². The van der Waals surface area contributed by atoms with Crippen molar-refractivity contribution in [2.24, 2.45) is 7.05 Å². The van der Waals surface area contributed by atoms with Crippen LogP contribution in [0.25, 0.3) is 11.6 Å². The topological polar surface area (TPSA) is 86.3 Å². The van der Waals surface area contributed by atoms with Gasteiger partial charge in [-0.25, -0.2) is 0 Å². The highest BCUT2D eigenvalue weighted by Crippen LogP contribution is 2.39. The molecule has 0 unspecified atom stereocenters. The Hall–Kier alpha value is -2.22. The van der Waals surface area contributed by atoms with Crippen LogP contribution in [0.3, 0.4) is 0 Å². The molecule has 8 nitrogen and oxygen atoms in total. The van der Waals surface area contributed by atoms with Crippen LogP contribution in [0.1, 0.15) is 35.8 Å². The SMILES string of the molecule is COCC(=O)N1CCc2c(c(-c3nc(C4CC4)no3)nn2C)C1. The molecule has 0 aromatic carbocycles. The quantitative estimate of drug-likeness (QED) is 0.832. The highest BCUT2D eigenvalue weighted by atomic mass is 16.5.